The molecule has 17 heavy (non-hydrogen) atoms. The van der Waals surface area contributed by atoms with E-state index in [0.29, 0.717) is 5.56 Å². The first kappa shape index (κ1) is 12.2. The predicted molar refractivity (Wildman–Crippen MR) is 65.6 cm³/mol. The van der Waals surface area contributed by atoms with Crippen molar-refractivity contribution in [3.05, 3.63) is 35.6 Å². The van der Waals surface area contributed by atoms with E-state index in [0.717, 1.165) is 32.4 Å². The summed E-state index contributed by atoms with van der Waals surface area (Å²) < 4.78 is 12.8. The van der Waals surface area contributed by atoms with E-state index >= 15 is 0 Å². The molecule has 0 saturated carbocycles. The van der Waals surface area contributed by atoms with Crippen LogP contribution in [0.25, 0.3) is 0 Å². The highest BCUT2D eigenvalue weighted by atomic mass is 19.1. The second-order valence-electron chi connectivity index (χ2n) is 4.79. The quantitative estimate of drug-likeness (QED) is 0.813. The molecule has 0 aliphatic carbocycles. The number of Topliss-reactive ketones (excluding diaryl/α,β-unsaturated/α-hetero) is 1. The molecule has 1 heterocycles. The lowest BCUT2D eigenvalue weighted by atomic mass is 9.76. The Morgan fingerprint density at radius 2 is 2.12 bits per heavy atom. The number of carbonyl (C=O) groups is 1. The number of benzene rings is 1. The van der Waals surface area contributed by atoms with E-state index in [9.17, 15) is 9.18 Å². The molecule has 1 unspecified atom stereocenters. The van der Waals surface area contributed by atoms with Crippen LogP contribution in [-0.2, 0) is 0 Å². The molecule has 1 fully saturated rings. The van der Waals surface area contributed by atoms with Gasteiger partial charge in [0.25, 0.3) is 0 Å². The second kappa shape index (κ2) is 4.96. The summed E-state index contributed by atoms with van der Waals surface area (Å²) in [7, 11) is 0. The highest BCUT2D eigenvalue weighted by Crippen LogP contribution is 2.34. The van der Waals surface area contributed by atoms with E-state index in [2.05, 4.69) is 12.2 Å². The van der Waals surface area contributed by atoms with Gasteiger partial charge >= 0.3 is 0 Å². The third-order valence-corrected chi connectivity index (χ3v) is 3.56. The first-order valence-corrected chi connectivity index (χ1v) is 6.19. The lowest BCUT2D eigenvalue weighted by Gasteiger charge is -2.26. The molecule has 1 aliphatic rings. The first-order valence-electron chi connectivity index (χ1n) is 6.19. The number of rotatable bonds is 4. The van der Waals surface area contributed by atoms with E-state index in [1.54, 1.807) is 12.1 Å². The Bertz CT molecular complexity index is 393. The van der Waals surface area contributed by atoms with Crippen LogP contribution in [0.15, 0.2) is 24.3 Å². The molecular formula is C14H18FNO. The van der Waals surface area contributed by atoms with Crippen LogP contribution in [0.3, 0.4) is 0 Å². The van der Waals surface area contributed by atoms with Crippen molar-refractivity contribution in [2.24, 2.45) is 5.41 Å². The van der Waals surface area contributed by atoms with Crippen molar-refractivity contribution in [3.63, 3.8) is 0 Å². The van der Waals surface area contributed by atoms with Crippen molar-refractivity contribution < 1.29 is 9.18 Å². The molecule has 0 amide bonds. The zero-order valence-electron chi connectivity index (χ0n) is 10.1. The van der Waals surface area contributed by atoms with Gasteiger partial charge in [-0.25, -0.2) is 4.39 Å². The van der Waals surface area contributed by atoms with Gasteiger partial charge in [-0.05, 0) is 43.7 Å². The monoisotopic (exact) mass is 235 g/mol. The average molecular weight is 235 g/mol. The summed E-state index contributed by atoms with van der Waals surface area (Å²) in [6, 6.07) is 5.89. The van der Waals surface area contributed by atoms with Crippen molar-refractivity contribution in [3.8, 4) is 0 Å². The van der Waals surface area contributed by atoms with Gasteiger partial charge in [-0.1, -0.05) is 13.3 Å². The van der Waals surface area contributed by atoms with Gasteiger partial charge in [0.05, 0.1) is 0 Å². The van der Waals surface area contributed by atoms with Crippen LogP contribution < -0.4 is 5.32 Å². The smallest absolute Gasteiger partial charge is 0.170 e. The summed E-state index contributed by atoms with van der Waals surface area (Å²) in [6.45, 7) is 3.74. The first-order chi connectivity index (χ1) is 8.18. The normalized spacial score (nSPS) is 23.9. The van der Waals surface area contributed by atoms with Gasteiger partial charge in [0.2, 0.25) is 0 Å². The Labute approximate surface area is 101 Å². The van der Waals surface area contributed by atoms with Crippen LogP contribution in [0.5, 0.6) is 0 Å². The summed E-state index contributed by atoms with van der Waals surface area (Å²) in [5.41, 5.74) is 0.357. The lowest BCUT2D eigenvalue weighted by molar-refractivity contribution is 0.0802. The SMILES string of the molecule is CCCC1(C(=O)c2ccc(F)cc2)CCNC1. The molecule has 0 radical (unpaired) electrons. The van der Waals surface area contributed by atoms with Crippen LogP contribution >= 0.6 is 0 Å². The van der Waals surface area contributed by atoms with Gasteiger partial charge in [0.1, 0.15) is 5.82 Å². The van der Waals surface area contributed by atoms with Crippen molar-refractivity contribution >= 4 is 5.78 Å². The van der Waals surface area contributed by atoms with Gasteiger partial charge in [0.15, 0.2) is 5.78 Å². The van der Waals surface area contributed by atoms with Gasteiger partial charge < -0.3 is 5.32 Å². The molecule has 0 bridgehead atoms. The fourth-order valence-corrected chi connectivity index (χ4v) is 2.65. The van der Waals surface area contributed by atoms with E-state index in [1.165, 1.54) is 12.1 Å². The van der Waals surface area contributed by atoms with E-state index in [-0.39, 0.29) is 17.0 Å². The van der Waals surface area contributed by atoms with Crippen molar-refractivity contribution in [2.45, 2.75) is 26.2 Å². The van der Waals surface area contributed by atoms with E-state index < -0.39 is 0 Å². The summed E-state index contributed by atoms with van der Waals surface area (Å²) in [6.07, 6.45) is 2.78. The van der Waals surface area contributed by atoms with Gasteiger partial charge in [0, 0.05) is 17.5 Å². The van der Waals surface area contributed by atoms with Crippen LogP contribution in [-0.4, -0.2) is 18.9 Å². The highest BCUT2D eigenvalue weighted by Gasteiger charge is 2.40. The maximum atomic E-state index is 12.8. The molecule has 3 heteroatoms. The maximum absolute atomic E-state index is 12.8. The molecule has 1 aromatic carbocycles. The Hall–Kier alpha value is -1.22. The molecule has 0 aromatic heterocycles. The molecule has 2 rings (SSSR count). The third kappa shape index (κ3) is 2.39. The van der Waals surface area contributed by atoms with Crippen molar-refractivity contribution in [2.75, 3.05) is 13.1 Å². The minimum absolute atomic E-state index is 0.157. The maximum Gasteiger partial charge on any atom is 0.170 e. The number of hydrogen-bond acceptors (Lipinski definition) is 2. The number of carbonyl (C=O) groups excluding carboxylic acids is 1. The number of halogens is 1. The molecule has 2 nitrogen and oxygen atoms in total. The van der Waals surface area contributed by atoms with Crippen LogP contribution in [0.4, 0.5) is 4.39 Å². The van der Waals surface area contributed by atoms with Gasteiger partial charge in [-0.2, -0.15) is 0 Å². The van der Waals surface area contributed by atoms with Crippen molar-refractivity contribution in [1.82, 2.24) is 5.32 Å². The minimum Gasteiger partial charge on any atom is -0.316 e. The fraction of sp³-hybridized carbons (Fsp3) is 0.500. The third-order valence-electron chi connectivity index (χ3n) is 3.56. The molecule has 1 aliphatic heterocycles. The minimum atomic E-state index is -0.296. The second-order valence-corrected chi connectivity index (χ2v) is 4.79. The Balaban J connectivity index is 2.25. The van der Waals surface area contributed by atoms with Crippen molar-refractivity contribution in [1.29, 1.82) is 0 Å². The fourth-order valence-electron chi connectivity index (χ4n) is 2.65. The Morgan fingerprint density at radius 1 is 1.41 bits per heavy atom. The number of hydrogen-bond donors (Lipinski definition) is 1. The highest BCUT2D eigenvalue weighted by molar-refractivity contribution is 6.00. The zero-order chi connectivity index (χ0) is 12.3. The summed E-state index contributed by atoms with van der Waals surface area (Å²) in [4.78, 5) is 12.5. The van der Waals surface area contributed by atoms with Crippen LogP contribution in [0, 0.1) is 11.2 Å². The largest absolute Gasteiger partial charge is 0.316 e. The van der Waals surface area contributed by atoms with Gasteiger partial charge in [-0.3, -0.25) is 4.79 Å². The summed E-state index contributed by atoms with van der Waals surface area (Å²) in [5, 5.41) is 3.27. The molecule has 1 atom stereocenters. The molecular weight excluding hydrogens is 217 g/mol. The molecule has 1 saturated heterocycles. The van der Waals surface area contributed by atoms with E-state index in [1.807, 2.05) is 0 Å². The van der Waals surface area contributed by atoms with E-state index in [4.69, 9.17) is 0 Å². The molecule has 1 aromatic rings. The zero-order valence-corrected chi connectivity index (χ0v) is 10.1. The predicted octanol–water partition coefficient (Wildman–Crippen LogP) is 2.79. The van der Waals surface area contributed by atoms with Gasteiger partial charge in [-0.15, -0.1) is 0 Å². The Morgan fingerprint density at radius 3 is 2.65 bits per heavy atom. The number of ketones is 1. The lowest BCUT2D eigenvalue weighted by Crippen LogP contribution is -2.33. The molecule has 0 spiro atoms. The Kier molecular flexibility index (Phi) is 3.57. The number of nitrogens with one attached hydrogen (secondary N) is 1. The van der Waals surface area contributed by atoms with Crippen LogP contribution in [0.1, 0.15) is 36.5 Å². The molecule has 1 N–H and O–H groups in total. The summed E-state index contributed by atoms with van der Waals surface area (Å²) >= 11 is 0. The average Bonchev–Trinajstić information content (AvgIpc) is 2.79. The topological polar surface area (TPSA) is 29.1 Å². The standard InChI is InChI=1S/C14H18FNO/c1-2-7-14(8-9-16-10-14)13(17)11-3-5-12(15)6-4-11/h3-6,16H,2,7-10H2,1H3. The van der Waals surface area contributed by atoms with Crippen LogP contribution in [0.2, 0.25) is 0 Å². The molecule has 92 valence electrons. The summed E-state index contributed by atoms with van der Waals surface area (Å²) in [5.74, 6) is -0.139.